The molecule has 0 saturated heterocycles. The molecule has 0 amide bonds. The number of hydrogen-bond donors (Lipinski definition) is 3. The van der Waals surface area contributed by atoms with E-state index in [0.717, 1.165) is 12.1 Å². The summed E-state index contributed by atoms with van der Waals surface area (Å²) in [6.45, 7) is 6.94. The van der Waals surface area contributed by atoms with Crippen molar-refractivity contribution in [2.75, 3.05) is 24.3 Å². The van der Waals surface area contributed by atoms with Gasteiger partial charge >= 0.3 is 0 Å². The van der Waals surface area contributed by atoms with Gasteiger partial charge in [0.25, 0.3) is 0 Å². The van der Waals surface area contributed by atoms with E-state index in [-0.39, 0.29) is 18.6 Å². The predicted molar refractivity (Wildman–Crippen MR) is 76.0 cm³/mol. The van der Waals surface area contributed by atoms with E-state index in [9.17, 15) is 0 Å². The Labute approximate surface area is 109 Å². The van der Waals surface area contributed by atoms with E-state index >= 15 is 0 Å². The molecule has 4 N–H and O–H groups in total. The summed E-state index contributed by atoms with van der Waals surface area (Å²) in [5.74, 6) is 0.910. The lowest BCUT2D eigenvalue weighted by Gasteiger charge is -2.21. The van der Waals surface area contributed by atoms with E-state index in [1.165, 1.54) is 0 Å². The molecule has 102 valence electrons. The van der Waals surface area contributed by atoms with Gasteiger partial charge in [0.1, 0.15) is 5.75 Å². The monoisotopic (exact) mass is 252 g/mol. The molecule has 4 nitrogen and oxygen atoms in total. The minimum atomic E-state index is 0.169. The van der Waals surface area contributed by atoms with E-state index in [1.807, 2.05) is 32.0 Å². The molecular weight excluding hydrogens is 228 g/mol. The van der Waals surface area contributed by atoms with Crippen molar-refractivity contribution in [1.82, 2.24) is 0 Å². The fourth-order valence-electron chi connectivity index (χ4n) is 1.52. The topological polar surface area (TPSA) is 67.5 Å². The summed E-state index contributed by atoms with van der Waals surface area (Å²) < 4.78 is 5.58. The summed E-state index contributed by atoms with van der Waals surface area (Å²) in [5.41, 5.74) is 7.47. The number of nitrogens with one attached hydrogen (secondary N) is 1. The van der Waals surface area contributed by atoms with Crippen LogP contribution in [-0.2, 0) is 0 Å². The Hall–Kier alpha value is -1.42. The third kappa shape index (κ3) is 4.11. The molecule has 0 spiro atoms. The van der Waals surface area contributed by atoms with Crippen LogP contribution in [0, 0.1) is 5.92 Å². The number of aliphatic hydroxyl groups is 1. The second-order valence-electron chi connectivity index (χ2n) is 4.69. The zero-order valence-corrected chi connectivity index (χ0v) is 11.4. The van der Waals surface area contributed by atoms with E-state index in [4.69, 9.17) is 15.6 Å². The Balaban J connectivity index is 2.72. The van der Waals surface area contributed by atoms with E-state index in [2.05, 4.69) is 12.2 Å². The number of nitrogens with two attached hydrogens (primary N) is 1. The lowest BCUT2D eigenvalue weighted by atomic mass is 10.0. The van der Waals surface area contributed by atoms with Crippen molar-refractivity contribution < 1.29 is 9.84 Å². The highest BCUT2D eigenvalue weighted by Crippen LogP contribution is 2.26. The summed E-state index contributed by atoms with van der Waals surface area (Å²) in [5, 5.41) is 12.5. The third-order valence-corrected chi connectivity index (χ3v) is 3.01. The highest BCUT2D eigenvalue weighted by molar-refractivity contribution is 5.61. The molecule has 0 bridgehead atoms. The van der Waals surface area contributed by atoms with Gasteiger partial charge in [-0.25, -0.2) is 0 Å². The summed E-state index contributed by atoms with van der Waals surface area (Å²) in [4.78, 5) is 0. The van der Waals surface area contributed by atoms with Crippen LogP contribution in [0.4, 0.5) is 11.4 Å². The van der Waals surface area contributed by atoms with Crippen LogP contribution in [0.3, 0.4) is 0 Å². The quantitative estimate of drug-likeness (QED) is 0.652. The largest absolute Gasteiger partial charge is 0.491 e. The van der Waals surface area contributed by atoms with Gasteiger partial charge in [0, 0.05) is 24.4 Å². The zero-order chi connectivity index (χ0) is 13.5. The lowest BCUT2D eigenvalue weighted by Crippen LogP contribution is -2.26. The molecule has 1 aromatic carbocycles. The maximum absolute atomic E-state index is 9.11. The Kier molecular flexibility index (Phi) is 5.78. The zero-order valence-electron chi connectivity index (χ0n) is 11.4. The number of hydrogen-bond acceptors (Lipinski definition) is 4. The molecule has 0 aliphatic carbocycles. The van der Waals surface area contributed by atoms with Gasteiger partial charge in [0.05, 0.1) is 12.3 Å². The maximum atomic E-state index is 9.11. The third-order valence-electron chi connectivity index (χ3n) is 3.01. The predicted octanol–water partition coefficient (Wildman–Crippen LogP) is 2.49. The van der Waals surface area contributed by atoms with Gasteiger partial charge in [-0.15, -0.1) is 0 Å². The molecule has 2 unspecified atom stereocenters. The van der Waals surface area contributed by atoms with E-state index in [0.29, 0.717) is 18.0 Å². The van der Waals surface area contributed by atoms with Crippen LogP contribution in [0.2, 0.25) is 0 Å². The standard InChI is InChI=1S/C14H24N2O2/c1-4-7-18-14-8-12(5-6-13(14)15)16-11(3)10(2)9-17/h5-6,8,10-11,16-17H,4,7,9,15H2,1-3H3. The van der Waals surface area contributed by atoms with Crippen molar-refractivity contribution in [1.29, 1.82) is 0 Å². The van der Waals surface area contributed by atoms with Gasteiger partial charge in [-0.1, -0.05) is 13.8 Å². The molecule has 0 radical (unpaired) electrons. The molecule has 1 rings (SSSR count). The van der Waals surface area contributed by atoms with E-state index < -0.39 is 0 Å². The highest BCUT2D eigenvalue weighted by Gasteiger charge is 2.11. The minimum Gasteiger partial charge on any atom is -0.491 e. The van der Waals surface area contributed by atoms with E-state index in [1.54, 1.807) is 0 Å². The first-order valence-electron chi connectivity index (χ1n) is 6.48. The number of rotatable bonds is 7. The first kappa shape index (κ1) is 14.6. The van der Waals surface area contributed by atoms with Crippen LogP contribution in [0.15, 0.2) is 18.2 Å². The molecule has 0 heterocycles. The second kappa shape index (κ2) is 7.11. The maximum Gasteiger partial charge on any atom is 0.144 e. The number of nitrogen functional groups attached to an aromatic ring is 1. The summed E-state index contributed by atoms with van der Waals surface area (Å²) >= 11 is 0. The fraction of sp³-hybridized carbons (Fsp3) is 0.571. The average Bonchev–Trinajstić information content (AvgIpc) is 2.38. The van der Waals surface area contributed by atoms with Crippen molar-refractivity contribution in [3.63, 3.8) is 0 Å². The van der Waals surface area contributed by atoms with Crippen LogP contribution in [0.1, 0.15) is 27.2 Å². The number of aliphatic hydroxyl groups excluding tert-OH is 1. The molecule has 18 heavy (non-hydrogen) atoms. The van der Waals surface area contributed by atoms with Crippen LogP contribution in [0.25, 0.3) is 0 Å². The highest BCUT2D eigenvalue weighted by atomic mass is 16.5. The number of benzene rings is 1. The average molecular weight is 252 g/mol. The minimum absolute atomic E-state index is 0.169. The van der Waals surface area contributed by atoms with Crippen molar-refractivity contribution in [2.45, 2.75) is 33.2 Å². The molecule has 0 aliphatic heterocycles. The van der Waals surface area contributed by atoms with Gasteiger partial charge in [-0.2, -0.15) is 0 Å². The summed E-state index contributed by atoms with van der Waals surface area (Å²) in [7, 11) is 0. The smallest absolute Gasteiger partial charge is 0.144 e. The molecule has 0 aliphatic rings. The molecule has 2 atom stereocenters. The Morgan fingerprint density at radius 1 is 1.39 bits per heavy atom. The van der Waals surface area contributed by atoms with Crippen LogP contribution in [-0.4, -0.2) is 24.4 Å². The van der Waals surface area contributed by atoms with Gasteiger partial charge in [0.2, 0.25) is 0 Å². The van der Waals surface area contributed by atoms with Crippen molar-refractivity contribution >= 4 is 11.4 Å². The number of anilines is 2. The van der Waals surface area contributed by atoms with Crippen LogP contribution < -0.4 is 15.8 Å². The summed E-state index contributed by atoms with van der Waals surface area (Å²) in [6.07, 6.45) is 0.953. The second-order valence-corrected chi connectivity index (χ2v) is 4.69. The molecule has 1 aromatic rings. The first-order chi connectivity index (χ1) is 8.58. The molecule has 4 heteroatoms. The van der Waals surface area contributed by atoms with Gasteiger partial charge in [0.15, 0.2) is 0 Å². The molecular formula is C14H24N2O2. The van der Waals surface area contributed by atoms with Gasteiger partial charge in [-0.05, 0) is 31.4 Å². The van der Waals surface area contributed by atoms with Crippen LogP contribution >= 0.6 is 0 Å². The van der Waals surface area contributed by atoms with Crippen molar-refractivity contribution in [2.24, 2.45) is 5.92 Å². The normalized spacial score (nSPS) is 14.0. The Morgan fingerprint density at radius 2 is 2.11 bits per heavy atom. The van der Waals surface area contributed by atoms with Crippen molar-refractivity contribution in [3.8, 4) is 5.75 Å². The fourth-order valence-corrected chi connectivity index (χ4v) is 1.52. The van der Waals surface area contributed by atoms with Crippen molar-refractivity contribution in [3.05, 3.63) is 18.2 Å². The Bertz CT molecular complexity index is 369. The van der Waals surface area contributed by atoms with Crippen LogP contribution in [0.5, 0.6) is 5.75 Å². The number of ether oxygens (including phenoxy) is 1. The molecule has 0 fully saturated rings. The summed E-state index contributed by atoms with van der Waals surface area (Å²) in [6, 6.07) is 5.86. The SMILES string of the molecule is CCCOc1cc(NC(C)C(C)CO)ccc1N. The first-order valence-corrected chi connectivity index (χ1v) is 6.48. The van der Waals surface area contributed by atoms with Gasteiger partial charge in [-0.3, -0.25) is 0 Å². The lowest BCUT2D eigenvalue weighted by molar-refractivity contribution is 0.226. The van der Waals surface area contributed by atoms with Gasteiger partial charge < -0.3 is 20.9 Å². The molecule has 0 saturated carbocycles. The molecule has 0 aromatic heterocycles. The Morgan fingerprint density at radius 3 is 2.72 bits per heavy atom.